The van der Waals surface area contributed by atoms with E-state index in [4.69, 9.17) is 0 Å². The highest BCUT2D eigenvalue weighted by Gasteiger charge is 2.38. The molecule has 1 aromatic carbocycles. The third-order valence-electron chi connectivity index (χ3n) is 5.02. The second-order valence-corrected chi connectivity index (χ2v) is 8.13. The second kappa shape index (κ2) is 8.30. The predicted octanol–water partition coefficient (Wildman–Crippen LogP) is 4.69. The average Bonchev–Trinajstić information content (AvgIpc) is 3.21. The van der Waals surface area contributed by atoms with Crippen molar-refractivity contribution in [3.05, 3.63) is 69.6 Å². The lowest BCUT2D eigenvalue weighted by molar-refractivity contribution is -0.149. The number of carbonyl (C=O) groups is 1. The third kappa shape index (κ3) is 4.87. The maximum absolute atomic E-state index is 13.1. The number of fused-ring (bicyclic) bond motifs is 1. The molecule has 2 aliphatic heterocycles. The van der Waals surface area contributed by atoms with Crippen LogP contribution in [0.4, 0.5) is 18.9 Å². The van der Waals surface area contributed by atoms with Crippen LogP contribution in [0, 0.1) is 0 Å². The average molecular weight is 491 g/mol. The van der Waals surface area contributed by atoms with Gasteiger partial charge in [0.1, 0.15) is 22.7 Å². The van der Waals surface area contributed by atoms with E-state index in [1.807, 2.05) is 25.2 Å². The molecule has 5 nitrogen and oxygen atoms in total. The van der Waals surface area contributed by atoms with Gasteiger partial charge in [-0.2, -0.15) is 13.2 Å². The number of alkyl halides is 3. The van der Waals surface area contributed by atoms with Crippen molar-refractivity contribution < 1.29 is 18.0 Å². The number of benzene rings is 1. The number of hydrogen-bond donors (Lipinski definition) is 0. The summed E-state index contributed by atoms with van der Waals surface area (Å²) >= 11 is 3.23. The van der Waals surface area contributed by atoms with Crippen molar-refractivity contribution in [1.29, 1.82) is 0 Å². The van der Waals surface area contributed by atoms with Gasteiger partial charge in [0, 0.05) is 25.5 Å². The molecule has 0 N–H and O–H groups in total. The molecule has 160 valence electrons. The molecule has 2 aliphatic rings. The first kappa shape index (κ1) is 21.3. The van der Waals surface area contributed by atoms with Gasteiger partial charge in [-0.15, -0.1) is 0 Å². The van der Waals surface area contributed by atoms with Gasteiger partial charge in [-0.25, -0.2) is 9.98 Å². The number of nitrogens with zero attached hydrogens (tertiary/aromatic N) is 4. The molecule has 0 unspecified atom stereocenters. The summed E-state index contributed by atoms with van der Waals surface area (Å²) < 4.78 is 39.9. The van der Waals surface area contributed by atoms with E-state index in [-0.39, 0.29) is 11.5 Å². The highest BCUT2D eigenvalue weighted by Crippen LogP contribution is 2.29. The summed E-state index contributed by atoms with van der Waals surface area (Å²) in [7, 11) is 2.00. The molecule has 0 aliphatic carbocycles. The fraction of sp³-hybridized carbons (Fsp3) is 0.227. The summed E-state index contributed by atoms with van der Waals surface area (Å²) in [5.74, 6) is -0.832. The third-order valence-corrected chi connectivity index (χ3v) is 5.49. The first-order valence-electron chi connectivity index (χ1n) is 9.52. The molecule has 0 saturated heterocycles. The molecule has 0 spiro atoms. The van der Waals surface area contributed by atoms with E-state index in [1.54, 1.807) is 24.4 Å². The van der Waals surface area contributed by atoms with Crippen molar-refractivity contribution in [2.24, 2.45) is 4.99 Å². The van der Waals surface area contributed by atoms with E-state index in [0.717, 1.165) is 29.8 Å². The quantitative estimate of drug-likeness (QED) is 0.461. The lowest BCUT2D eigenvalue weighted by Gasteiger charge is -2.18. The van der Waals surface area contributed by atoms with Crippen LogP contribution in [0.2, 0.25) is 0 Å². The van der Waals surface area contributed by atoms with Crippen molar-refractivity contribution >= 4 is 45.5 Å². The second-order valence-electron chi connectivity index (χ2n) is 7.31. The summed E-state index contributed by atoms with van der Waals surface area (Å²) in [6.07, 6.45) is 2.40. The number of hydrogen-bond acceptors (Lipinski definition) is 4. The Morgan fingerprint density at radius 1 is 1.16 bits per heavy atom. The zero-order valence-corrected chi connectivity index (χ0v) is 18.1. The van der Waals surface area contributed by atoms with E-state index in [1.165, 1.54) is 12.2 Å². The molecule has 3 heterocycles. The van der Waals surface area contributed by atoms with Crippen LogP contribution in [-0.2, 0) is 11.2 Å². The van der Waals surface area contributed by atoms with Crippen molar-refractivity contribution in [2.75, 3.05) is 25.0 Å². The number of pyridine rings is 1. The van der Waals surface area contributed by atoms with E-state index >= 15 is 0 Å². The fourth-order valence-electron chi connectivity index (χ4n) is 3.52. The summed E-state index contributed by atoms with van der Waals surface area (Å²) in [6, 6.07) is 9.20. The van der Waals surface area contributed by atoms with Crippen LogP contribution < -0.4 is 4.90 Å². The molecule has 1 amide bonds. The first-order chi connectivity index (χ1) is 14.7. The molecule has 0 fully saturated rings. The van der Waals surface area contributed by atoms with Gasteiger partial charge in [-0.1, -0.05) is 12.1 Å². The van der Waals surface area contributed by atoms with E-state index in [2.05, 4.69) is 30.8 Å². The lowest BCUT2D eigenvalue weighted by atomic mass is 10.1. The summed E-state index contributed by atoms with van der Waals surface area (Å²) in [5, 5.41) is 0. The summed E-state index contributed by atoms with van der Waals surface area (Å²) in [4.78, 5) is 23.8. The Labute approximate surface area is 185 Å². The Kier molecular flexibility index (Phi) is 5.70. The van der Waals surface area contributed by atoms with Crippen LogP contribution in [0.5, 0.6) is 0 Å². The summed E-state index contributed by atoms with van der Waals surface area (Å²) in [5.41, 5.74) is 3.64. The van der Waals surface area contributed by atoms with Gasteiger partial charge in [0.25, 0.3) is 5.91 Å². The molecule has 0 atom stereocenters. The zero-order valence-electron chi connectivity index (χ0n) is 16.5. The molecular weight excluding hydrogens is 473 g/mol. The number of halogens is 4. The predicted molar refractivity (Wildman–Crippen MR) is 118 cm³/mol. The number of amidine groups is 1. The topological polar surface area (TPSA) is 48.8 Å². The largest absolute Gasteiger partial charge is 0.406 e. The van der Waals surface area contributed by atoms with Gasteiger partial charge < -0.3 is 4.90 Å². The zero-order chi connectivity index (χ0) is 22.2. The van der Waals surface area contributed by atoms with Gasteiger partial charge in [0.2, 0.25) is 0 Å². The minimum absolute atomic E-state index is 0.0240. The van der Waals surface area contributed by atoms with Crippen molar-refractivity contribution in [1.82, 2.24) is 9.88 Å². The maximum atomic E-state index is 13.1. The van der Waals surface area contributed by atoms with Crippen LogP contribution in [-0.4, -0.2) is 47.9 Å². The number of aromatic nitrogens is 1. The van der Waals surface area contributed by atoms with E-state index in [0.29, 0.717) is 15.1 Å². The number of amides is 1. The number of aliphatic imine (C=N–C) groups is 1. The first-order valence-corrected chi connectivity index (χ1v) is 10.3. The molecule has 31 heavy (non-hydrogen) atoms. The summed E-state index contributed by atoms with van der Waals surface area (Å²) in [6.45, 7) is -0.494. The van der Waals surface area contributed by atoms with E-state index in [9.17, 15) is 18.0 Å². The molecule has 0 saturated carbocycles. The normalized spacial score (nSPS) is 17.8. The van der Waals surface area contributed by atoms with Crippen LogP contribution in [0.25, 0.3) is 12.2 Å². The van der Waals surface area contributed by atoms with Crippen molar-refractivity contribution in [3.63, 3.8) is 0 Å². The van der Waals surface area contributed by atoms with Gasteiger partial charge in [0.15, 0.2) is 0 Å². The van der Waals surface area contributed by atoms with Gasteiger partial charge >= 0.3 is 6.18 Å². The lowest BCUT2D eigenvalue weighted by Crippen LogP contribution is -2.39. The monoisotopic (exact) mass is 490 g/mol. The molecular formula is C22H18BrF3N4O. The number of rotatable bonds is 4. The van der Waals surface area contributed by atoms with Crippen LogP contribution in [0.1, 0.15) is 16.7 Å². The number of carbonyl (C=O) groups excluding carboxylic acids is 1. The molecule has 4 rings (SSSR count). The van der Waals surface area contributed by atoms with Crippen LogP contribution >= 0.6 is 15.9 Å². The Balaban J connectivity index is 1.65. The van der Waals surface area contributed by atoms with Gasteiger partial charge in [-0.3, -0.25) is 9.69 Å². The minimum Gasteiger partial charge on any atom is -0.374 e. The SMILES string of the molecule is CN1CCc2cc(/C=C3N=C(/C=C/c4ccc(Br)nc4)N(CC(F)(F)F)C\3=O)ccc21. The number of likely N-dealkylation sites (N-methyl/N-ethyl adjacent to an activating group) is 1. The van der Waals surface area contributed by atoms with Crippen LogP contribution in [0.3, 0.4) is 0 Å². The van der Waals surface area contributed by atoms with Crippen LogP contribution in [0.15, 0.2) is 57.9 Å². The van der Waals surface area contributed by atoms with Crippen molar-refractivity contribution in [2.45, 2.75) is 12.6 Å². The standard InChI is InChI=1S/C22H18BrF3N4O/c1-29-9-8-16-10-15(2-5-18(16)29)11-17-21(31)30(13-22(24,25)26)20(28-17)7-4-14-3-6-19(23)27-12-14/h2-7,10-12H,8-9,13H2,1H3/b7-4+,17-11-. The Morgan fingerprint density at radius 2 is 1.94 bits per heavy atom. The van der Waals surface area contributed by atoms with Gasteiger partial charge in [0.05, 0.1) is 0 Å². The highest BCUT2D eigenvalue weighted by molar-refractivity contribution is 9.10. The highest BCUT2D eigenvalue weighted by atomic mass is 79.9. The number of anilines is 1. The van der Waals surface area contributed by atoms with Gasteiger partial charge in [-0.05, 0) is 75.5 Å². The maximum Gasteiger partial charge on any atom is 0.406 e. The molecule has 0 radical (unpaired) electrons. The fourth-order valence-corrected chi connectivity index (χ4v) is 3.75. The molecule has 2 aromatic rings. The van der Waals surface area contributed by atoms with E-state index < -0.39 is 18.6 Å². The smallest absolute Gasteiger partial charge is 0.374 e. The molecule has 0 bridgehead atoms. The molecule has 9 heteroatoms. The molecule has 1 aromatic heterocycles. The minimum atomic E-state index is -4.54. The Bertz CT molecular complexity index is 1110. The Morgan fingerprint density at radius 3 is 2.65 bits per heavy atom. The Hall–Kier alpha value is -2.94. The van der Waals surface area contributed by atoms with Crippen molar-refractivity contribution in [3.8, 4) is 0 Å².